The Morgan fingerprint density at radius 3 is 2.54 bits per heavy atom. The molecule has 2 aliphatic rings. The zero-order valence-corrected chi connectivity index (χ0v) is 17.1. The number of aryl methyl sites for hydroxylation is 1. The minimum absolute atomic E-state index is 0.0914. The summed E-state index contributed by atoms with van der Waals surface area (Å²) in [5, 5.41) is 6.02. The van der Waals surface area contributed by atoms with E-state index in [-0.39, 0.29) is 24.0 Å². The zero-order chi connectivity index (χ0) is 19.9. The highest BCUT2D eigenvalue weighted by Gasteiger charge is 2.23. The first-order valence-electron chi connectivity index (χ1n) is 10.7. The van der Waals surface area contributed by atoms with Crippen molar-refractivity contribution in [3.8, 4) is 0 Å². The van der Waals surface area contributed by atoms with Crippen LogP contribution in [0.3, 0.4) is 0 Å². The summed E-state index contributed by atoms with van der Waals surface area (Å²) in [4.78, 5) is 27.0. The van der Waals surface area contributed by atoms with Gasteiger partial charge in [-0.05, 0) is 63.6 Å². The van der Waals surface area contributed by atoms with Crippen LogP contribution in [0.5, 0.6) is 0 Å². The molecule has 3 rings (SSSR count). The quantitative estimate of drug-likeness (QED) is 0.752. The number of rotatable bonds is 6. The number of carbonyl (C=O) groups is 2. The van der Waals surface area contributed by atoms with E-state index >= 15 is 0 Å². The summed E-state index contributed by atoms with van der Waals surface area (Å²) in [5.41, 5.74) is 2.46. The first-order valence-corrected chi connectivity index (χ1v) is 10.7. The molecular formula is C22H33N3O3. The number of benzene rings is 1. The summed E-state index contributed by atoms with van der Waals surface area (Å²) in [6.45, 7) is 5.97. The Balaban J connectivity index is 1.60. The smallest absolute Gasteiger partial charge is 0.321 e. The van der Waals surface area contributed by atoms with Crippen LogP contribution in [0, 0.1) is 12.8 Å². The summed E-state index contributed by atoms with van der Waals surface area (Å²) in [7, 11) is 0. The number of carbonyl (C=O) groups excluding carboxylic acids is 2. The van der Waals surface area contributed by atoms with Gasteiger partial charge in [0.15, 0.2) is 0 Å². The average Bonchev–Trinajstić information content (AvgIpc) is 3.24. The number of hydrogen-bond donors (Lipinski definition) is 2. The van der Waals surface area contributed by atoms with Gasteiger partial charge in [-0.2, -0.15) is 0 Å². The summed E-state index contributed by atoms with van der Waals surface area (Å²) >= 11 is 0. The third kappa shape index (κ3) is 5.47. The van der Waals surface area contributed by atoms with Crippen molar-refractivity contribution >= 4 is 23.3 Å². The van der Waals surface area contributed by atoms with Crippen LogP contribution in [0.25, 0.3) is 0 Å². The first-order chi connectivity index (χ1) is 13.6. The summed E-state index contributed by atoms with van der Waals surface area (Å²) in [5.74, 6) is 0.206. The Morgan fingerprint density at radius 1 is 1.11 bits per heavy atom. The number of likely N-dealkylation sites (N-methyl/N-ethyl adjacent to an activating group) is 1. The second-order valence-electron chi connectivity index (χ2n) is 7.96. The highest BCUT2D eigenvalue weighted by Crippen LogP contribution is 2.27. The number of anilines is 2. The second kappa shape index (κ2) is 9.92. The van der Waals surface area contributed by atoms with Gasteiger partial charge in [0.25, 0.3) is 0 Å². The van der Waals surface area contributed by atoms with Gasteiger partial charge in [-0.25, -0.2) is 4.79 Å². The van der Waals surface area contributed by atoms with E-state index in [1.807, 2.05) is 32.0 Å². The van der Waals surface area contributed by atoms with Crippen molar-refractivity contribution in [2.45, 2.75) is 64.9 Å². The molecule has 0 aromatic heterocycles. The topological polar surface area (TPSA) is 70.7 Å². The fraction of sp³-hybridized carbons (Fsp3) is 0.636. The van der Waals surface area contributed by atoms with Crippen LogP contribution in [0.2, 0.25) is 0 Å². The molecular weight excluding hydrogens is 354 g/mol. The number of nitrogens with one attached hydrogen (secondary N) is 2. The molecule has 2 N–H and O–H groups in total. The summed E-state index contributed by atoms with van der Waals surface area (Å²) in [6, 6.07) is 5.53. The van der Waals surface area contributed by atoms with E-state index in [2.05, 4.69) is 10.6 Å². The molecule has 2 fully saturated rings. The van der Waals surface area contributed by atoms with Gasteiger partial charge >= 0.3 is 6.03 Å². The van der Waals surface area contributed by atoms with Crippen LogP contribution in [0.4, 0.5) is 16.2 Å². The van der Waals surface area contributed by atoms with Gasteiger partial charge in [-0.3, -0.25) is 4.79 Å². The van der Waals surface area contributed by atoms with E-state index in [1.54, 1.807) is 4.90 Å². The third-order valence-electron chi connectivity index (χ3n) is 5.84. The number of urea groups is 1. The van der Waals surface area contributed by atoms with Gasteiger partial charge < -0.3 is 20.3 Å². The predicted molar refractivity (Wildman–Crippen MR) is 112 cm³/mol. The maximum absolute atomic E-state index is 12.7. The number of amides is 3. The van der Waals surface area contributed by atoms with Crippen LogP contribution in [-0.2, 0) is 9.53 Å². The lowest BCUT2D eigenvalue weighted by Gasteiger charge is -2.29. The van der Waals surface area contributed by atoms with E-state index < -0.39 is 0 Å². The SMILES string of the molecule is CCN(CC1CCCCO1)C(=O)Nc1ccc(C)c(NC(=O)C2CCCC2)c1. The lowest BCUT2D eigenvalue weighted by atomic mass is 10.1. The largest absolute Gasteiger partial charge is 0.376 e. The predicted octanol–water partition coefficient (Wildman–Crippen LogP) is 4.55. The maximum atomic E-state index is 12.7. The van der Waals surface area contributed by atoms with Crippen molar-refractivity contribution in [1.82, 2.24) is 4.90 Å². The Labute approximate surface area is 168 Å². The molecule has 154 valence electrons. The molecule has 1 heterocycles. The van der Waals surface area contributed by atoms with Gasteiger partial charge in [0.05, 0.1) is 6.10 Å². The van der Waals surface area contributed by atoms with E-state index in [9.17, 15) is 9.59 Å². The van der Waals surface area contributed by atoms with Crippen molar-refractivity contribution in [2.24, 2.45) is 5.92 Å². The summed E-state index contributed by atoms with van der Waals surface area (Å²) < 4.78 is 5.77. The van der Waals surface area contributed by atoms with Gasteiger partial charge in [-0.15, -0.1) is 0 Å². The van der Waals surface area contributed by atoms with E-state index in [1.165, 1.54) is 0 Å². The Hall–Kier alpha value is -2.08. The van der Waals surface area contributed by atoms with Crippen LogP contribution in [-0.4, -0.2) is 42.6 Å². The molecule has 1 aliphatic carbocycles. The molecule has 0 radical (unpaired) electrons. The van der Waals surface area contributed by atoms with Crippen molar-refractivity contribution < 1.29 is 14.3 Å². The van der Waals surface area contributed by atoms with Crippen molar-refractivity contribution in [1.29, 1.82) is 0 Å². The Kier molecular flexibility index (Phi) is 7.31. The second-order valence-corrected chi connectivity index (χ2v) is 7.96. The van der Waals surface area contributed by atoms with Crippen LogP contribution < -0.4 is 10.6 Å². The van der Waals surface area contributed by atoms with Crippen molar-refractivity contribution in [3.63, 3.8) is 0 Å². The maximum Gasteiger partial charge on any atom is 0.321 e. The number of hydrogen-bond acceptors (Lipinski definition) is 3. The molecule has 6 heteroatoms. The minimum Gasteiger partial charge on any atom is -0.376 e. The summed E-state index contributed by atoms with van der Waals surface area (Å²) in [6.07, 6.45) is 7.59. The average molecular weight is 388 g/mol. The lowest BCUT2D eigenvalue weighted by molar-refractivity contribution is -0.119. The molecule has 3 amide bonds. The highest BCUT2D eigenvalue weighted by molar-refractivity contribution is 5.95. The van der Waals surface area contributed by atoms with Crippen LogP contribution in [0.1, 0.15) is 57.4 Å². The molecule has 1 aromatic rings. The van der Waals surface area contributed by atoms with Gasteiger partial charge in [0, 0.05) is 37.0 Å². The third-order valence-corrected chi connectivity index (χ3v) is 5.84. The minimum atomic E-state index is -0.131. The number of ether oxygens (including phenoxy) is 1. The van der Waals surface area contributed by atoms with Crippen molar-refractivity contribution in [3.05, 3.63) is 23.8 Å². The molecule has 1 aromatic carbocycles. The molecule has 1 aliphatic heterocycles. The van der Waals surface area contributed by atoms with E-state index in [0.29, 0.717) is 18.8 Å². The molecule has 1 atom stereocenters. The van der Waals surface area contributed by atoms with Crippen molar-refractivity contribution in [2.75, 3.05) is 30.3 Å². The molecule has 1 unspecified atom stereocenters. The molecule has 0 spiro atoms. The molecule has 1 saturated carbocycles. The molecule has 28 heavy (non-hydrogen) atoms. The van der Waals surface area contributed by atoms with E-state index in [4.69, 9.17) is 4.74 Å². The van der Waals surface area contributed by atoms with Crippen LogP contribution >= 0.6 is 0 Å². The molecule has 0 bridgehead atoms. The Morgan fingerprint density at radius 2 is 1.86 bits per heavy atom. The molecule has 1 saturated heterocycles. The zero-order valence-electron chi connectivity index (χ0n) is 17.1. The molecule has 6 nitrogen and oxygen atoms in total. The van der Waals surface area contributed by atoms with Crippen LogP contribution in [0.15, 0.2) is 18.2 Å². The fourth-order valence-electron chi connectivity index (χ4n) is 4.01. The van der Waals surface area contributed by atoms with E-state index in [0.717, 1.165) is 62.8 Å². The fourth-order valence-corrected chi connectivity index (χ4v) is 4.01. The Bertz CT molecular complexity index is 680. The number of nitrogens with zero attached hydrogens (tertiary/aromatic N) is 1. The van der Waals surface area contributed by atoms with Gasteiger partial charge in [0.2, 0.25) is 5.91 Å². The normalized spacial score (nSPS) is 20.0. The standard InChI is InChI=1S/C22H33N3O3/c1-3-25(15-19-10-6-7-13-28-19)22(27)23-18-12-11-16(2)20(14-18)24-21(26)17-8-4-5-9-17/h11-12,14,17,19H,3-10,13,15H2,1-2H3,(H,23,27)(H,24,26). The van der Waals surface area contributed by atoms with Gasteiger partial charge in [-0.1, -0.05) is 18.9 Å². The first kappa shape index (κ1) is 20.6. The van der Waals surface area contributed by atoms with Gasteiger partial charge in [0.1, 0.15) is 0 Å². The monoisotopic (exact) mass is 387 g/mol. The lowest BCUT2D eigenvalue weighted by Crippen LogP contribution is -2.41. The highest BCUT2D eigenvalue weighted by atomic mass is 16.5.